The Kier molecular flexibility index (Phi) is 10.8. The third-order valence-corrected chi connectivity index (χ3v) is 4.55. The van der Waals surface area contributed by atoms with Gasteiger partial charge in [-0.25, -0.2) is 4.98 Å². The lowest BCUT2D eigenvalue weighted by Gasteiger charge is -2.17. The lowest BCUT2D eigenvalue weighted by molar-refractivity contribution is 0.129. The van der Waals surface area contributed by atoms with Crippen LogP contribution in [0.1, 0.15) is 52.4 Å². The van der Waals surface area contributed by atoms with Crippen molar-refractivity contribution in [2.24, 2.45) is 0 Å². The van der Waals surface area contributed by atoms with Crippen LogP contribution in [0.3, 0.4) is 0 Å². The van der Waals surface area contributed by atoms with Crippen molar-refractivity contribution in [3.63, 3.8) is 0 Å². The van der Waals surface area contributed by atoms with Gasteiger partial charge in [0, 0.05) is 30.8 Å². The molecule has 0 aliphatic carbocycles. The Hall–Kier alpha value is -0.480. The van der Waals surface area contributed by atoms with Gasteiger partial charge in [0.15, 0.2) is 0 Å². The van der Waals surface area contributed by atoms with Crippen molar-refractivity contribution in [1.82, 2.24) is 9.55 Å². The van der Waals surface area contributed by atoms with E-state index in [1.165, 1.54) is 44.3 Å². The monoisotopic (exact) mass is 298 g/mol. The van der Waals surface area contributed by atoms with Crippen LogP contribution in [0.5, 0.6) is 0 Å². The van der Waals surface area contributed by atoms with E-state index in [0.717, 1.165) is 19.8 Å². The molecule has 3 nitrogen and oxygen atoms in total. The summed E-state index contributed by atoms with van der Waals surface area (Å²) in [6.07, 6.45) is 13.5. The highest BCUT2D eigenvalue weighted by atomic mass is 32.2. The minimum Gasteiger partial charge on any atom is -0.380 e. The summed E-state index contributed by atoms with van der Waals surface area (Å²) in [5.74, 6) is 1.25. The fourth-order valence-corrected chi connectivity index (χ4v) is 3.20. The molecule has 1 atom stereocenters. The number of rotatable bonds is 13. The van der Waals surface area contributed by atoms with Gasteiger partial charge in [-0.05, 0) is 18.6 Å². The summed E-state index contributed by atoms with van der Waals surface area (Å²) >= 11 is 2.05. The molecule has 0 spiro atoms. The minimum absolute atomic E-state index is 0.544. The molecular formula is C16H30N2OS. The van der Waals surface area contributed by atoms with Crippen molar-refractivity contribution < 1.29 is 4.74 Å². The second kappa shape index (κ2) is 12.3. The molecule has 0 radical (unpaired) electrons. The summed E-state index contributed by atoms with van der Waals surface area (Å²) in [5.41, 5.74) is 0. The largest absolute Gasteiger partial charge is 0.380 e. The van der Waals surface area contributed by atoms with Crippen LogP contribution in [0.2, 0.25) is 0 Å². The summed E-state index contributed by atoms with van der Waals surface area (Å²) < 4.78 is 7.97. The lowest BCUT2D eigenvalue weighted by Crippen LogP contribution is -2.19. The van der Waals surface area contributed by atoms with Crippen molar-refractivity contribution in [3.8, 4) is 0 Å². The van der Waals surface area contributed by atoms with E-state index in [9.17, 15) is 0 Å². The third-order valence-electron chi connectivity index (χ3n) is 3.27. The molecule has 20 heavy (non-hydrogen) atoms. The quantitative estimate of drug-likeness (QED) is 0.506. The highest BCUT2D eigenvalue weighted by Crippen LogP contribution is 2.17. The van der Waals surface area contributed by atoms with Crippen LogP contribution < -0.4 is 0 Å². The molecule has 1 heterocycles. The maximum atomic E-state index is 5.81. The summed E-state index contributed by atoms with van der Waals surface area (Å²) in [6, 6.07) is 0. The molecular weight excluding hydrogens is 268 g/mol. The Bertz CT molecular complexity index is 303. The first-order valence-electron chi connectivity index (χ1n) is 8.01. The second-order valence-electron chi connectivity index (χ2n) is 5.24. The highest BCUT2D eigenvalue weighted by Gasteiger charge is 2.10. The molecule has 0 saturated heterocycles. The van der Waals surface area contributed by atoms with E-state index >= 15 is 0 Å². The molecule has 0 aliphatic heterocycles. The SMILES string of the molecule is CCCCCCSC(COCCCC)Cn1ccnc1. The Balaban J connectivity index is 2.22. The van der Waals surface area contributed by atoms with Crippen LogP contribution in [0, 0.1) is 0 Å². The first-order chi connectivity index (χ1) is 9.86. The average molecular weight is 298 g/mol. The second-order valence-corrected chi connectivity index (χ2v) is 6.65. The summed E-state index contributed by atoms with van der Waals surface area (Å²) in [4.78, 5) is 4.12. The van der Waals surface area contributed by atoms with Gasteiger partial charge < -0.3 is 9.30 Å². The van der Waals surface area contributed by atoms with E-state index in [2.05, 4.69) is 35.2 Å². The van der Waals surface area contributed by atoms with E-state index in [1.54, 1.807) is 0 Å². The van der Waals surface area contributed by atoms with Gasteiger partial charge in [-0.2, -0.15) is 11.8 Å². The number of unbranched alkanes of at least 4 members (excludes halogenated alkanes) is 4. The topological polar surface area (TPSA) is 27.1 Å². The van der Waals surface area contributed by atoms with E-state index in [1.807, 2.05) is 18.7 Å². The highest BCUT2D eigenvalue weighted by molar-refractivity contribution is 7.99. The van der Waals surface area contributed by atoms with Crippen LogP contribution in [0.4, 0.5) is 0 Å². The van der Waals surface area contributed by atoms with Gasteiger partial charge in [0.05, 0.1) is 12.9 Å². The summed E-state index contributed by atoms with van der Waals surface area (Å²) in [5, 5.41) is 0.544. The number of ether oxygens (including phenoxy) is 1. The Morgan fingerprint density at radius 2 is 2.00 bits per heavy atom. The van der Waals surface area contributed by atoms with E-state index in [0.29, 0.717) is 5.25 Å². The van der Waals surface area contributed by atoms with E-state index < -0.39 is 0 Å². The van der Waals surface area contributed by atoms with Crippen LogP contribution in [-0.4, -0.2) is 33.8 Å². The van der Waals surface area contributed by atoms with Crippen LogP contribution in [0.25, 0.3) is 0 Å². The van der Waals surface area contributed by atoms with Gasteiger partial charge in [-0.1, -0.05) is 39.5 Å². The van der Waals surface area contributed by atoms with Crippen molar-refractivity contribution in [3.05, 3.63) is 18.7 Å². The molecule has 0 aromatic carbocycles. The molecule has 1 rings (SSSR count). The smallest absolute Gasteiger partial charge is 0.0946 e. The lowest BCUT2D eigenvalue weighted by atomic mass is 10.2. The molecule has 1 unspecified atom stereocenters. The maximum Gasteiger partial charge on any atom is 0.0946 e. The van der Waals surface area contributed by atoms with Crippen LogP contribution in [0.15, 0.2) is 18.7 Å². The minimum atomic E-state index is 0.544. The molecule has 1 aromatic rings. The molecule has 0 amide bonds. The van der Waals surface area contributed by atoms with Crippen LogP contribution >= 0.6 is 11.8 Å². The van der Waals surface area contributed by atoms with E-state index in [4.69, 9.17) is 4.74 Å². The first-order valence-corrected chi connectivity index (χ1v) is 9.06. The molecule has 1 aromatic heterocycles. The van der Waals surface area contributed by atoms with Gasteiger partial charge in [0.25, 0.3) is 0 Å². The van der Waals surface area contributed by atoms with Gasteiger partial charge in [0.1, 0.15) is 0 Å². The fraction of sp³-hybridized carbons (Fsp3) is 0.812. The van der Waals surface area contributed by atoms with Gasteiger partial charge in [-0.15, -0.1) is 0 Å². The van der Waals surface area contributed by atoms with Crippen molar-refractivity contribution in [2.75, 3.05) is 19.0 Å². The average Bonchev–Trinajstić information content (AvgIpc) is 2.96. The standard InChI is InChI=1S/C16H30N2OS/c1-3-5-7-8-12-20-16(14-19-11-6-4-2)13-18-10-9-17-15-18/h9-10,15-16H,3-8,11-14H2,1-2H3. The predicted molar refractivity (Wildman–Crippen MR) is 88.3 cm³/mol. The molecule has 4 heteroatoms. The van der Waals surface area contributed by atoms with Crippen molar-refractivity contribution >= 4 is 11.8 Å². The number of thioether (sulfide) groups is 1. The zero-order valence-electron chi connectivity index (χ0n) is 13.1. The first kappa shape index (κ1) is 17.6. The molecule has 116 valence electrons. The summed E-state index contributed by atoms with van der Waals surface area (Å²) in [7, 11) is 0. The van der Waals surface area contributed by atoms with Crippen LogP contribution in [-0.2, 0) is 11.3 Å². The fourth-order valence-electron chi connectivity index (χ4n) is 2.02. The van der Waals surface area contributed by atoms with Crippen molar-refractivity contribution in [2.45, 2.75) is 64.2 Å². The maximum absolute atomic E-state index is 5.81. The number of nitrogens with zero attached hydrogens (tertiary/aromatic N) is 2. The number of aromatic nitrogens is 2. The molecule has 0 fully saturated rings. The molecule has 0 saturated carbocycles. The number of hydrogen-bond acceptors (Lipinski definition) is 3. The normalized spacial score (nSPS) is 12.7. The van der Waals surface area contributed by atoms with Crippen molar-refractivity contribution in [1.29, 1.82) is 0 Å². The number of imidazole rings is 1. The zero-order valence-corrected chi connectivity index (χ0v) is 13.9. The third kappa shape index (κ3) is 8.64. The molecule has 0 bridgehead atoms. The van der Waals surface area contributed by atoms with E-state index in [-0.39, 0.29) is 0 Å². The van der Waals surface area contributed by atoms with Gasteiger partial charge in [0.2, 0.25) is 0 Å². The summed E-state index contributed by atoms with van der Waals surface area (Å²) in [6.45, 7) is 7.22. The van der Waals surface area contributed by atoms with Gasteiger partial charge in [-0.3, -0.25) is 0 Å². The Morgan fingerprint density at radius 3 is 2.70 bits per heavy atom. The Morgan fingerprint density at radius 1 is 1.15 bits per heavy atom. The van der Waals surface area contributed by atoms with Gasteiger partial charge >= 0.3 is 0 Å². The molecule has 0 N–H and O–H groups in total. The predicted octanol–water partition coefficient (Wildman–Crippen LogP) is 4.38. The zero-order chi connectivity index (χ0) is 14.5. The molecule has 0 aliphatic rings. The Labute approximate surface area is 128 Å². The number of hydrogen-bond donors (Lipinski definition) is 0.